The van der Waals surface area contributed by atoms with Gasteiger partial charge in [-0.15, -0.1) is 0 Å². The molecule has 0 aliphatic rings. The molecule has 2 N–H and O–H groups in total. The number of hydrogen-bond acceptors (Lipinski definition) is 3. The Morgan fingerprint density at radius 1 is 1.43 bits per heavy atom. The number of nitrogens with zero attached hydrogens (tertiary/aromatic N) is 3. The number of halogens is 1. The van der Waals surface area contributed by atoms with E-state index in [0.717, 1.165) is 16.0 Å². The molecule has 0 spiro atoms. The minimum Gasteiger partial charge on any atom is -0.325 e. The molecule has 0 aromatic carbocycles. The van der Waals surface area contributed by atoms with Crippen molar-refractivity contribution < 1.29 is 0 Å². The Morgan fingerprint density at radius 3 is 2.93 bits per heavy atom. The number of pyridine rings is 1. The third kappa shape index (κ3) is 1.83. The largest absolute Gasteiger partial charge is 0.325 e. The fraction of sp³-hybridized carbons (Fsp3) is 0.111. The summed E-state index contributed by atoms with van der Waals surface area (Å²) in [6.07, 6.45) is 3.57. The second-order valence-corrected chi connectivity index (χ2v) is 3.71. The van der Waals surface area contributed by atoms with Crippen LogP contribution in [0.1, 0.15) is 5.69 Å². The van der Waals surface area contributed by atoms with Gasteiger partial charge in [0.25, 0.3) is 0 Å². The molecule has 72 valence electrons. The highest BCUT2D eigenvalue weighted by Crippen LogP contribution is 2.10. The lowest BCUT2D eigenvalue weighted by atomic mass is 10.3. The van der Waals surface area contributed by atoms with Crippen LogP contribution in [0.4, 0.5) is 0 Å². The van der Waals surface area contributed by atoms with Gasteiger partial charge in [0.1, 0.15) is 0 Å². The SMILES string of the molecule is NCc1cccc(-n2cc(Br)cn2)n1. The monoisotopic (exact) mass is 252 g/mol. The molecule has 0 fully saturated rings. The summed E-state index contributed by atoms with van der Waals surface area (Å²) in [6.45, 7) is 0.441. The van der Waals surface area contributed by atoms with E-state index in [1.54, 1.807) is 10.9 Å². The molecule has 14 heavy (non-hydrogen) atoms. The van der Waals surface area contributed by atoms with Crippen molar-refractivity contribution in [2.75, 3.05) is 0 Å². The van der Waals surface area contributed by atoms with Gasteiger partial charge in [0, 0.05) is 12.7 Å². The van der Waals surface area contributed by atoms with E-state index in [1.165, 1.54) is 0 Å². The van der Waals surface area contributed by atoms with E-state index >= 15 is 0 Å². The van der Waals surface area contributed by atoms with Crippen molar-refractivity contribution in [3.63, 3.8) is 0 Å². The van der Waals surface area contributed by atoms with Crippen molar-refractivity contribution in [2.45, 2.75) is 6.54 Å². The Balaban J connectivity index is 2.41. The van der Waals surface area contributed by atoms with E-state index in [1.807, 2.05) is 24.4 Å². The first-order valence-electron chi connectivity index (χ1n) is 4.16. The highest BCUT2D eigenvalue weighted by molar-refractivity contribution is 9.10. The molecule has 0 saturated carbocycles. The predicted octanol–water partition coefficient (Wildman–Crippen LogP) is 1.49. The smallest absolute Gasteiger partial charge is 0.153 e. The number of nitrogens with two attached hydrogens (primary N) is 1. The van der Waals surface area contributed by atoms with Crippen molar-refractivity contribution in [2.24, 2.45) is 5.73 Å². The molecule has 0 bridgehead atoms. The molecule has 2 aromatic rings. The Hall–Kier alpha value is -1.20. The lowest BCUT2D eigenvalue weighted by Crippen LogP contribution is -2.04. The quantitative estimate of drug-likeness (QED) is 0.882. The zero-order chi connectivity index (χ0) is 9.97. The first-order chi connectivity index (χ1) is 6.79. The molecule has 0 radical (unpaired) electrons. The second kappa shape index (κ2) is 3.89. The third-order valence-electron chi connectivity index (χ3n) is 1.79. The van der Waals surface area contributed by atoms with Gasteiger partial charge in [0.05, 0.1) is 16.4 Å². The summed E-state index contributed by atoms with van der Waals surface area (Å²) in [5.74, 6) is 0.777. The Labute approximate surface area is 89.9 Å². The van der Waals surface area contributed by atoms with Crippen molar-refractivity contribution in [1.29, 1.82) is 0 Å². The molecule has 2 heterocycles. The molecule has 0 aliphatic carbocycles. The first kappa shape index (κ1) is 9.36. The van der Waals surface area contributed by atoms with Gasteiger partial charge in [-0.1, -0.05) is 6.07 Å². The Bertz CT molecular complexity index is 438. The highest BCUT2D eigenvalue weighted by atomic mass is 79.9. The normalized spacial score (nSPS) is 10.4. The van der Waals surface area contributed by atoms with Gasteiger partial charge >= 0.3 is 0 Å². The highest BCUT2D eigenvalue weighted by Gasteiger charge is 2.00. The van der Waals surface area contributed by atoms with E-state index in [0.29, 0.717) is 6.54 Å². The average Bonchev–Trinajstić information content (AvgIpc) is 2.65. The number of hydrogen-bond donors (Lipinski definition) is 1. The van der Waals surface area contributed by atoms with Gasteiger partial charge in [-0.3, -0.25) is 0 Å². The van der Waals surface area contributed by atoms with E-state index in [2.05, 4.69) is 26.0 Å². The Kier molecular flexibility index (Phi) is 2.60. The van der Waals surface area contributed by atoms with Gasteiger partial charge in [-0.2, -0.15) is 5.10 Å². The standard InChI is InChI=1S/C9H9BrN4/c10-7-5-12-14(6-7)9-3-1-2-8(4-11)13-9/h1-3,5-6H,4,11H2. The number of rotatable bonds is 2. The van der Waals surface area contributed by atoms with Crippen molar-refractivity contribution in [1.82, 2.24) is 14.8 Å². The van der Waals surface area contributed by atoms with Crippen LogP contribution >= 0.6 is 15.9 Å². The summed E-state index contributed by atoms with van der Waals surface area (Å²) in [5, 5.41) is 4.13. The first-order valence-corrected chi connectivity index (χ1v) is 4.95. The van der Waals surface area contributed by atoms with Crippen LogP contribution in [-0.2, 0) is 6.54 Å². The van der Waals surface area contributed by atoms with Gasteiger partial charge in [0.15, 0.2) is 5.82 Å². The summed E-state index contributed by atoms with van der Waals surface area (Å²) in [4.78, 5) is 4.33. The van der Waals surface area contributed by atoms with E-state index in [-0.39, 0.29) is 0 Å². The lowest BCUT2D eigenvalue weighted by molar-refractivity contribution is 0.829. The van der Waals surface area contributed by atoms with Crippen LogP contribution < -0.4 is 5.73 Å². The minimum atomic E-state index is 0.441. The van der Waals surface area contributed by atoms with Crippen LogP contribution in [0.25, 0.3) is 5.82 Å². The molecule has 4 nitrogen and oxygen atoms in total. The fourth-order valence-corrected chi connectivity index (χ4v) is 1.42. The molecule has 0 aliphatic heterocycles. The average molecular weight is 253 g/mol. The topological polar surface area (TPSA) is 56.7 Å². The lowest BCUT2D eigenvalue weighted by Gasteiger charge is -2.01. The molecule has 0 amide bonds. The zero-order valence-corrected chi connectivity index (χ0v) is 8.98. The van der Waals surface area contributed by atoms with Crippen LogP contribution in [0.3, 0.4) is 0 Å². The van der Waals surface area contributed by atoms with Crippen LogP contribution in [0.2, 0.25) is 0 Å². The van der Waals surface area contributed by atoms with Crippen molar-refractivity contribution in [3.8, 4) is 5.82 Å². The summed E-state index contributed by atoms with van der Waals surface area (Å²) >= 11 is 3.33. The van der Waals surface area contributed by atoms with Crippen LogP contribution in [0.5, 0.6) is 0 Å². The maximum Gasteiger partial charge on any atom is 0.153 e. The summed E-state index contributed by atoms with van der Waals surface area (Å²) in [6, 6.07) is 5.70. The molecular formula is C9H9BrN4. The Morgan fingerprint density at radius 2 is 2.29 bits per heavy atom. The van der Waals surface area contributed by atoms with Crippen LogP contribution in [0.15, 0.2) is 35.1 Å². The predicted molar refractivity (Wildman–Crippen MR) is 57.0 cm³/mol. The molecule has 2 rings (SSSR count). The van der Waals surface area contributed by atoms with E-state index in [9.17, 15) is 0 Å². The maximum atomic E-state index is 5.50. The molecule has 0 saturated heterocycles. The van der Waals surface area contributed by atoms with E-state index in [4.69, 9.17) is 5.73 Å². The molecular weight excluding hydrogens is 244 g/mol. The summed E-state index contributed by atoms with van der Waals surface area (Å²) in [7, 11) is 0. The summed E-state index contributed by atoms with van der Waals surface area (Å²) in [5.41, 5.74) is 6.36. The fourth-order valence-electron chi connectivity index (χ4n) is 1.13. The number of aromatic nitrogens is 3. The molecule has 5 heteroatoms. The second-order valence-electron chi connectivity index (χ2n) is 2.79. The minimum absolute atomic E-state index is 0.441. The van der Waals surface area contributed by atoms with Gasteiger partial charge < -0.3 is 5.73 Å². The van der Waals surface area contributed by atoms with Gasteiger partial charge in [-0.25, -0.2) is 9.67 Å². The maximum absolute atomic E-state index is 5.50. The third-order valence-corrected chi connectivity index (χ3v) is 2.20. The van der Waals surface area contributed by atoms with Crippen molar-refractivity contribution >= 4 is 15.9 Å². The van der Waals surface area contributed by atoms with Crippen molar-refractivity contribution in [3.05, 3.63) is 40.8 Å². The summed E-state index contributed by atoms with van der Waals surface area (Å²) < 4.78 is 2.63. The zero-order valence-electron chi connectivity index (χ0n) is 7.39. The molecule has 2 aromatic heterocycles. The van der Waals surface area contributed by atoms with E-state index < -0.39 is 0 Å². The van der Waals surface area contributed by atoms with Crippen LogP contribution in [-0.4, -0.2) is 14.8 Å². The molecule has 0 unspecified atom stereocenters. The molecule has 0 atom stereocenters. The van der Waals surface area contributed by atoms with Crippen LogP contribution in [0, 0.1) is 0 Å². The van der Waals surface area contributed by atoms with Gasteiger partial charge in [0.2, 0.25) is 0 Å². The van der Waals surface area contributed by atoms with Gasteiger partial charge in [-0.05, 0) is 28.1 Å².